The van der Waals surface area contributed by atoms with Gasteiger partial charge in [0.2, 0.25) is 5.91 Å². The molecule has 0 radical (unpaired) electrons. The fraction of sp³-hybridized carbons (Fsp3) is 0.231. The van der Waals surface area contributed by atoms with Gasteiger partial charge in [0.15, 0.2) is 5.76 Å². The molecular weight excluding hydrogens is 290 g/mol. The smallest absolute Gasteiger partial charge is 0.437 e. The lowest BCUT2D eigenvalue weighted by Crippen LogP contribution is -2.26. The number of nitrogens with zero attached hydrogens (tertiary/aromatic N) is 4. The Hall–Kier alpha value is -3.10. The first kappa shape index (κ1) is 13.9. The van der Waals surface area contributed by atoms with Gasteiger partial charge in [-0.1, -0.05) is 0 Å². The summed E-state index contributed by atoms with van der Waals surface area (Å²) in [5.41, 5.74) is 0.775. The van der Waals surface area contributed by atoms with E-state index in [1.165, 1.54) is 10.9 Å². The number of furan rings is 1. The predicted octanol–water partition coefficient (Wildman–Crippen LogP) is 0.777. The van der Waals surface area contributed by atoms with Gasteiger partial charge in [0.25, 0.3) is 5.89 Å². The van der Waals surface area contributed by atoms with Crippen molar-refractivity contribution >= 4 is 11.7 Å². The van der Waals surface area contributed by atoms with E-state index in [9.17, 15) is 9.59 Å². The van der Waals surface area contributed by atoms with Crippen LogP contribution in [0.2, 0.25) is 0 Å². The molecule has 0 fully saturated rings. The third-order valence-corrected chi connectivity index (χ3v) is 2.90. The molecule has 0 atom stereocenters. The molecule has 0 saturated carbocycles. The molecule has 3 rings (SSSR count). The molecule has 0 aliphatic rings. The molecule has 3 aromatic rings. The first-order valence-electron chi connectivity index (χ1n) is 6.45. The Bertz CT molecular complexity index is 856. The summed E-state index contributed by atoms with van der Waals surface area (Å²) in [4.78, 5) is 23.7. The van der Waals surface area contributed by atoms with Crippen molar-refractivity contribution in [1.29, 1.82) is 0 Å². The molecule has 0 spiro atoms. The molecule has 0 saturated heterocycles. The van der Waals surface area contributed by atoms with Gasteiger partial charge in [-0.05, 0) is 19.1 Å². The molecule has 9 nitrogen and oxygen atoms in total. The van der Waals surface area contributed by atoms with Crippen molar-refractivity contribution in [3.8, 4) is 11.7 Å². The maximum Gasteiger partial charge on any atom is 0.437 e. The van der Waals surface area contributed by atoms with Crippen LogP contribution in [0.15, 0.2) is 38.1 Å². The zero-order valence-corrected chi connectivity index (χ0v) is 11.9. The highest BCUT2D eigenvalue weighted by Crippen LogP contribution is 2.15. The minimum atomic E-state index is -0.734. The van der Waals surface area contributed by atoms with E-state index < -0.39 is 11.7 Å². The van der Waals surface area contributed by atoms with Gasteiger partial charge in [-0.3, -0.25) is 9.48 Å². The molecule has 3 aromatic heterocycles. The van der Waals surface area contributed by atoms with Crippen LogP contribution in [0.1, 0.15) is 5.69 Å². The molecule has 0 aromatic carbocycles. The summed E-state index contributed by atoms with van der Waals surface area (Å²) in [5, 5.41) is 10.7. The summed E-state index contributed by atoms with van der Waals surface area (Å²) in [7, 11) is 1.71. The highest BCUT2D eigenvalue weighted by Gasteiger charge is 2.15. The molecule has 0 aliphatic heterocycles. The van der Waals surface area contributed by atoms with Crippen molar-refractivity contribution in [2.45, 2.75) is 13.5 Å². The number of aryl methyl sites for hydroxylation is 2. The van der Waals surface area contributed by atoms with E-state index in [1.807, 2.05) is 6.92 Å². The number of amides is 1. The van der Waals surface area contributed by atoms with Crippen molar-refractivity contribution < 1.29 is 13.6 Å². The van der Waals surface area contributed by atoms with Gasteiger partial charge in [-0.2, -0.15) is 9.78 Å². The fourth-order valence-electron chi connectivity index (χ4n) is 1.95. The average Bonchev–Trinajstić information content (AvgIpc) is 3.14. The molecular formula is C13H13N5O4. The Morgan fingerprint density at radius 2 is 2.23 bits per heavy atom. The van der Waals surface area contributed by atoms with Crippen molar-refractivity contribution in [2.75, 3.05) is 5.32 Å². The van der Waals surface area contributed by atoms with Crippen LogP contribution in [0.3, 0.4) is 0 Å². The van der Waals surface area contributed by atoms with E-state index in [-0.39, 0.29) is 12.4 Å². The molecule has 1 amide bonds. The first-order chi connectivity index (χ1) is 10.5. The van der Waals surface area contributed by atoms with Crippen LogP contribution in [0, 0.1) is 6.92 Å². The van der Waals surface area contributed by atoms with E-state index in [4.69, 9.17) is 8.83 Å². The summed E-state index contributed by atoms with van der Waals surface area (Å²) in [6.45, 7) is 1.54. The summed E-state index contributed by atoms with van der Waals surface area (Å²) >= 11 is 0. The van der Waals surface area contributed by atoms with E-state index in [2.05, 4.69) is 15.5 Å². The van der Waals surface area contributed by atoms with Crippen LogP contribution < -0.4 is 11.1 Å². The Kier molecular flexibility index (Phi) is 3.37. The Balaban J connectivity index is 1.74. The second-order valence-corrected chi connectivity index (χ2v) is 4.65. The Morgan fingerprint density at radius 1 is 1.41 bits per heavy atom. The topological polar surface area (TPSA) is 108 Å². The number of nitrogens with one attached hydrogen (secondary N) is 1. The summed E-state index contributed by atoms with van der Waals surface area (Å²) in [5.74, 6) is -0.268. The second kappa shape index (κ2) is 5.35. The highest BCUT2D eigenvalue weighted by molar-refractivity contribution is 5.89. The molecule has 0 bridgehead atoms. The normalized spacial score (nSPS) is 10.8. The number of hydrogen-bond donors (Lipinski definition) is 1. The van der Waals surface area contributed by atoms with Crippen LogP contribution in [0.25, 0.3) is 11.7 Å². The first-order valence-corrected chi connectivity index (χ1v) is 6.45. The third kappa shape index (κ3) is 2.68. The standard InChI is InChI=1S/C13H13N5O4/c1-8-6-10(17(2)15-8)14-11(19)7-18-13(20)22-12(16-18)9-4-3-5-21-9/h3-6H,7H2,1-2H3,(H,14,19). The second-order valence-electron chi connectivity index (χ2n) is 4.65. The number of hydrogen-bond acceptors (Lipinski definition) is 6. The largest absolute Gasteiger partial charge is 0.459 e. The minimum absolute atomic E-state index is 0.0270. The van der Waals surface area contributed by atoms with E-state index in [0.717, 1.165) is 10.4 Å². The van der Waals surface area contributed by atoms with Crippen molar-refractivity contribution in [1.82, 2.24) is 19.6 Å². The number of carbonyl (C=O) groups is 1. The van der Waals surface area contributed by atoms with Gasteiger partial charge >= 0.3 is 5.76 Å². The zero-order valence-electron chi connectivity index (χ0n) is 11.9. The third-order valence-electron chi connectivity index (χ3n) is 2.90. The molecule has 3 heterocycles. The van der Waals surface area contributed by atoms with Gasteiger partial charge in [-0.25, -0.2) is 4.79 Å². The van der Waals surface area contributed by atoms with Gasteiger partial charge in [0.1, 0.15) is 12.4 Å². The quantitative estimate of drug-likeness (QED) is 0.763. The summed E-state index contributed by atoms with van der Waals surface area (Å²) in [6.07, 6.45) is 1.44. The Morgan fingerprint density at radius 3 is 2.86 bits per heavy atom. The van der Waals surface area contributed by atoms with Crippen LogP contribution in [0.4, 0.5) is 5.82 Å². The van der Waals surface area contributed by atoms with Crippen molar-refractivity contribution in [3.63, 3.8) is 0 Å². The molecule has 0 unspecified atom stereocenters. The van der Waals surface area contributed by atoms with Gasteiger partial charge in [0, 0.05) is 13.1 Å². The summed E-state index contributed by atoms with van der Waals surface area (Å²) in [6, 6.07) is 4.97. The number of aromatic nitrogens is 4. The van der Waals surface area contributed by atoms with Crippen molar-refractivity contribution in [3.05, 3.63) is 40.7 Å². The summed E-state index contributed by atoms with van der Waals surface area (Å²) < 4.78 is 12.5. The fourth-order valence-corrected chi connectivity index (χ4v) is 1.95. The van der Waals surface area contributed by atoms with Crippen LogP contribution in [-0.2, 0) is 18.4 Å². The van der Waals surface area contributed by atoms with Crippen molar-refractivity contribution in [2.24, 2.45) is 7.05 Å². The molecule has 9 heteroatoms. The van der Waals surface area contributed by atoms with E-state index in [1.54, 1.807) is 25.2 Å². The minimum Gasteiger partial charge on any atom is -0.459 e. The SMILES string of the molecule is Cc1cc(NC(=O)Cn2nc(-c3ccco3)oc2=O)n(C)n1. The van der Waals surface area contributed by atoms with Crippen LogP contribution in [-0.4, -0.2) is 25.5 Å². The van der Waals surface area contributed by atoms with Gasteiger partial charge < -0.3 is 14.2 Å². The lowest BCUT2D eigenvalue weighted by molar-refractivity contribution is -0.117. The maximum absolute atomic E-state index is 12.0. The lowest BCUT2D eigenvalue weighted by atomic mass is 10.4. The number of rotatable bonds is 4. The van der Waals surface area contributed by atoms with E-state index >= 15 is 0 Å². The molecule has 1 N–H and O–H groups in total. The highest BCUT2D eigenvalue weighted by atomic mass is 16.4. The Labute approximate surface area is 124 Å². The maximum atomic E-state index is 12.0. The molecule has 0 aliphatic carbocycles. The number of anilines is 1. The monoisotopic (exact) mass is 303 g/mol. The number of carbonyl (C=O) groups excluding carboxylic acids is 1. The zero-order chi connectivity index (χ0) is 15.7. The lowest BCUT2D eigenvalue weighted by Gasteiger charge is -2.03. The van der Waals surface area contributed by atoms with E-state index in [0.29, 0.717) is 11.6 Å². The van der Waals surface area contributed by atoms with Crippen LogP contribution >= 0.6 is 0 Å². The van der Waals surface area contributed by atoms with Gasteiger partial charge in [-0.15, -0.1) is 5.10 Å². The van der Waals surface area contributed by atoms with Gasteiger partial charge in [0.05, 0.1) is 12.0 Å². The predicted molar refractivity (Wildman–Crippen MR) is 75.0 cm³/mol. The van der Waals surface area contributed by atoms with Crippen LogP contribution in [0.5, 0.6) is 0 Å². The molecule has 114 valence electrons. The molecule has 22 heavy (non-hydrogen) atoms. The average molecular weight is 303 g/mol.